The lowest BCUT2D eigenvalue weighted by Crippen LogP contribution is -2.23. The number of nitrogens with one attached hydrogen (secondary N) is 1. The highest BCUT2D eigenvalue weighted by atomic mass is 35.5. The predicted molar refractivity (Wildman–Crippen MR) is 120 cm³/mol. The standard InChI is InChI=1S/C22H16Cl2N4O3/c1-13-26-21-17(3-2-10-25-21)22(30)28(13)16-7-5-15(6-8-16)27-20(29)12-31-19-9-4-14(23)11-18(19)24/h2-11H,12H2,1H3,(H,27,29). The van der Waals surface area contributed by atoms with Crippen molar-refractivity contribution in [2.45, 2.75) is 6.92 Å². The summed E-state index contributed by atoms with van der Waals surface area (Å²) in [5.74, 6) is 0.525. The third kappa shape index (κ3) is 4.52. The number of carbonyl (C=O) groups excluding carboxylic acids is 1. The van der Waals surface area contributed by atoms with Gasteiger partial charge in [-0.05, 0) is 61.5 Å². The van der Waals surface area contributed by atoms with Gasteiger partial charge in [0.05, 0.1) is 16.1 Å². The van der Waals surface area contributed by atoms with Crippen LogP contribution in [0, 0.1) is 6.92 Å². The van der Waals surface area contributed by atoms with Crippen molar-refractivity contribution >= 4 is 45.8 Å². The molecule has 0 atom stereocenters. The van der Waals surface area contributed by atoms with Gasteiger partial charge in [-0.3, -0.25) is 14.2 Å². The van der Waals surface area contributed by atoms with Crippen LogP contribution in [0.1, 0.15) is 5.82 Å². The Kier molecular flexibility index (Phi) is 5.88. The van der Waals surface area contributed by atoms with Crippen LogP contribution in [0.15, 0.2) is 65.6 Å². The lowest BCUT2D eigenvalue weighted by Gasteiger charge is -2.12. The largest absolute Gasteiger partial charge is 0.482 e. The van der Waals surface area contributed by atoms with E-state index in [0.717, 1.165) is 0 Å². The molecule has 2 aromatic carbocycles. The summed E-state index contributed by atoms with van der Waals surface area (Å²) in [5.41, 5.74) is 1.38. The Balaban J connectivity index is 1.48. The fraction of sp³-hybridized carbons (Fsp3) is 0.0909. The molecule has 31 heavy (non-hydrogen) atoms. The normalized spacial score (nSPS) is 10.8. The molecule has 0 unspecified atom stereocenters. The van der Waals surface area contributed by atoms with Crippen LogP contribution in [0.25, 0.3) is 16.7 Å². The van der Waals surface area contributed by atoms with E-state index in [0.29, 0.717) is 44.0 Å². The highest BCUT2D eigenvalue weighted by Gasteiger charge is 2.11. The van der Waals surface area contributed by atoms with Crippen LogP contribution in [0.5, 0.6) is 5.75 Å². The first kappa shape index (κ1) is 20.8. The molecule has 1 N–H and O–H groups in total. The van der Waals surface area contributed by atoms with Crippen LogP contribution in [-0.2, 0) is 4.79 Å². The second-order valence-corrected chi connectivity index (χ2v) is 7.48. The third-order valence-electron chi connectivity index (χ3n) is 4.47. The molecule has 7 nitrogen and oxygen atoms in total. The van der Waals surface area contributed by atoms with Crippen LogP contribution < -0.4 is 15.6 Å². The van der Waals surface area contributed by atoms with Gasteiger partial charge in [0.2, 0.25) is 0 Å². The van der Waals surface area contributed by atoms with Crippen molar-refractivity contribution in [2.24, 2.45) is 0 Å². The summed E-state index contributed by atoms with van der Waals surface area (Å²) in [6, 6.07) is 15.0. The number of amides is 1. The van der Waals surface area contributed by atoms with Gasteiger partial charge in [0.15, 0.2) is 12.3 Å². The van der Waals surface area contributed by atoms with Gasteiger partial charge in [-0.2, -0.15) is 0 Å². The lowest BCUT2D eigenvalue weighted by molar-refractivity contribution is -0.118. The van der Waals surface area contributed by atoms with E-state index in [1.165, 1.54) is 10.6 Å². The summed E-state index contributed by atoms with van der Waals surface area (Å²) >= 11 is 11.9. The minimum atomic E-state index is -0.356. The molecule has 4 rings (SSSR count). The maximum atomic E-state index is 12.9. The minimum Gasteiger partial charge on any atom is -0.482 e. The number of carbonyl (C=O) groups is 1. The van der Waals surface area contributed by atoms with Crippen LogP contribution >= 0.6 is 23.2 Å². The number of aryl methyl sites for hydroxylation is 1. The molecule has 156 valence electrons. The van der Waals surface area contributed by atoms with Gasteiger partial charge in [-0.15, -0.1) is 0 Å². The Morgan fingerprint density at radius 1 is 1.13 bits per heavy atom. The van der Waals surface area contributed by atoms with Crippen molar-refractivity contribution in [3.8, 4) is 11.4 Å². The predicted octanol–water partition coefficient (Wildman–Crippen LogP) is 4.41. The van der Waals surface area contributed by atoms with E-state index in [-0.39, 0.29) is 18.1 Å². The number of anilines is 1. The highest BCUT2D eigenvalue weighted by molar-refractivity contribution is 6.35. The molecule has 0 aliphatic heterocycles. The van der Waals surface area contributed by atoms with Crippen LogP contribution in [0.3, 0.4) is 0 Å². The van der Waals surface area contributed by atoms with E-state index in [1.807, 2.05) is 0 Å². The van der Waals surface area contributed by atoms with E-state index >= 15 is 0 Å². The molecule has 2 aromatic heterocycles. The Hall–Kier alpha value is -3.42. The highest BCUT2D eigenvalue weighted by Crippen LogP contribution is 2.27. The molecule has 2 heterocycles. The Morgan fingerprint density at radius 2 is 1.90 bits per heavy atom. The summed E-state index contributed by atoms with van der Waals surface area (Å²) in [5, 5.41) is 3.97. The SMILES string of the molecule is Cc1nc2ncccc2c(=O)n1-c1ccc(NC(=O)COc2ccc(Cl)cc2Cl)cc1. The maximum Gasteiger partial charge on any atom is 0.267 e. The van der Waals surface area contributed by atoms with Gasteiger partial charge in [0.25, 0.3) is 11.5 Å². The zero-order chi connectivity index (χ0) is 22.0. The second-order valence-electron chi connectivity index (χ2n) is 6.63. The van der Waals surface area contributed by atoms with Crippen LogP contribution in [-0.4, -0.2) is 27.0 Å². The first-order valence-corrected chi connectivity index (χ1v) is 10.0. The number of aromatic nitrogens is 3. The van der Waals surface area contributed by atoms with Gasteiger partial charge in [-0.1, -0.05) is 23.2 Å². The van der Waals surface area contributed by atoms with Crippen molar-refractivity contribution in [1.82, 2.24) is 14.5 Å². The Bertz CT molecular complexity index is 1340. The molecule has 0 bridgehead atoms. The first-order valence-electron chi connectivity index (χ1n) is 9.25. The minimum absolute atomic E-state index is 0.208. The van der Waals surface area contributed by atoms with Gasteiger partial charge < -0.3 is 10.1 Å². The van der Waals surface area contributed by atoms with Crippen molar-refractivity contribution in [3.05, 3.63) is 87.0 Å². The van der Waals surface area contributed by atoms with Gasteiger partial charge in [-0.25, -0.2) is 9.97 Å². The zero-order valence-electron chi connectivity index (χ0n) is 16.3. The molecule has 0 spiro atoms. The Labute approximate surface area is 187 Å². The van der Waals surface area contributed by atoms with E-state index in [1.54, 1.807) is 61.7 Å². The fourth-order valence-electron chi connectivity index (χ4n) is 3.05. The molecule has 0 saturated heterocycles. The fourth-order valence-corrected chi connectivity index (χ4v) is 3.52. The van der Waals surface area contributed by atoms with E-state index in [4.69, 9.17) is 27.9 Å². The molecule has 0 aliphatic rings. The number of pyridine rings is 1. The molecule has 1 amide bonds. The van der Waals surface area contributed by atoms with Crippen molar-refractivity contribution in [3.63, 3.8) is 0 Å². The number of rotatable bonds is 5. The Morgan fingerprint density at radius 3 is 2.65 bits per heavy atom. The van der Waals surface area contributed by atoms with Crippen molar-refractivity contribution in [2.75, 3.05) is 11.9 Å². The maximum absolute atomic E-state index is 12.9. The monoisotopic (exact) mass is 454 g/mol. The molecule has 0 aliphatic carbocycles. The molecule has 0 saturated carbocycles. The number of ether oxygens (including phenoxy) is 1. The van der Waals surface area contributed by atoms with Gasteiger partial charge in [0.1, 0.15) is 11.6 Å². The zero-order valence-corrected chi connectivity index (χ0v) is 17.8. The quantitative estimate of drug-likeness (QED) is 0.482. The summed E-state index contributed by atoms with van der Waals surface area (Å²) in [6.07, 6.45) is 1.60. The molecule has 9 heteroatoms. The average molecular weight is 455 g/mol. The van der Waals surface area contributed by atoms with Crippen molar-refractivity contribution < 1.29 is 9.53 Å². The van der Waals surface area contributed by atoms with E-state index in [2.05, 4.69) is 15.3 Å². The van der Waals surface area contributed by atoms with E-state index in [9.17, 15) is 9.59 Å². The van der Waals surface area contributed by atoms with Gasteiger partial charge in [0, 0.05) is 16.9 Å². The van der Waals surface area contributed by atoms with E-state index < -0.39 is 0 Å². The first-order chi connectivity index (χ1) is 14.9. The number of hydrogen-bond acceptors (Lipinski definition) is 5. The third-order valence-corrected chi connectivity index (χ3v) is 5.00. The number of nitrogens with zero attached hydrogens (tertiary/aromatic N) is 3. The summed E-state index contributed by atoms with van der Waals surface area (Å²) in [6.45, 7) is 1.52. The molecule has 0 fully saturated rings. The molecule has 4 aromatic rings. The van der Waals surface area contributed by atoms with Crippen molar-refractivity contribution in [1.29, 1.82) is 0 Å². The summed E-state index contributed by atoms with van der Waals surface area (Å²) < 4.78 is 6.93. The topological polar surface area (TPSA) is 86.1 Å². The number of fused-ring (bicyclic) bond motifs is 1. The summed E-state index contributed by atoms with van der Waals surface area (Å²) in [4.78, 5) is 33.6. The number of halogens is 2. The lowest BCUT2D eigenvalue weighted by atomic mass is 10.2. The van der Waals surface area contributed by atoms with Crippen LogP contribution in [0.2, 0.25) is 10.0 Å². The number of benzene rings is 2. The second kappa shape index (κ2) is 8.75. The molecule has 0 radical (unpaired) electrons. The summed E-state index contributed by atoms with van der Waals surface area (Å²) in [7, 11) is 0. The molecular weight excluding hydrogens is 439 g/mol. The molecular formula is C22H16Cl2N4O3. The number of hydrogen-bond donors (Lipinski definition) is 1. The van der Waals surface area contributed by atoms with Crippen LogP contribution in [0.4, 0.5) is 5.69 Å². The smallest absolute Gasteiger partial charge is 0.267 e. The van der Waals surface area contributed by atoms with Gasteiger partial charge >= 0.3 is 0 Å². The average Bonchev–Trinajstić information content (AvgIpc) is 2.74.